The average molecular weight is 282 g/mol. The van der Waals surface area contributed by atoms with E-state index in [1.54, 1.807) is 7.11 Å². The minimum atomic E-state index is 0.823. The van der Waals surface area contributed by atoms with Crippen LogP contribution in [-0.2, 0) is 13.0 Å². The molecular formula is C18H22N2O. The molecule has 1 aliphatic heterocycles. The lowest BCUT2D eigenvalue weighted by atomic mass is 10.1. The van der Waals surface area contributed by atoms with Crippen LogP contribution in [0, 0.1) is 13.8 Å². The zero-order valence-electron chi connectivity index (χ0n) is 12.9. The Bertz CT molecular complexity index is 665. The smallest absolute Gasteiger partial charge is 0.126 e. The molecule has 1 heterocycles. The zero-order chi connectivity index (χ0) is 14.8. The van der Waals surface area contributed by atoms with Crippen LogP contribution in [0.3, 0.4) is 0 Å². The van der Waals surface area contributed by atoms with Gasteiger partial charge in [-0.1, -0.05) is 24.3 Å². The van der Waals surface area contributed by atoms with Crippen LogP contribution in [0.2, 0.25) is 0 Å². The van der Waals surface area contributed by atoms with E-state index in [2.05, 4.69) is 54.8 Å². The van der Waals surface area contributed by atoms with Gasteiger partial charge in [0.1, 0.15) is 5.75 Å². The lowest BCUT2D eigenvalue weighted by Crippen LogP contribution is -2.05. The number of benzene rings is 2. The predicted octanol–water partition coefficient (Wildman–Crippen LogP) is 3.89. The van der Waals surface area contributed by atoms with Crippen LogP contribution in [0.1, 0.15) is 22.3 Å². The number of fused-ring (bicyclic) bond motifs is 1. The third-order valence-electron chi connectivity index (χ3n) is 4.21. The Morgan fingerprint density at radius 2 is 2.05 bits per heavy atom. The Morgan fingerprint density at radius 3 is 2.86 bits per heavy atom. The Kier molecular flexibility index (Phi) is 3.74. The van der Waals surface area contributed by atoms with E-state index in [0.717, 1.165) is 36.5 Å². The Balaban J connectivity index is 1.82. The molecule has 0 atom stereocenters. The van der Waals surface area contributed by atoms with Crippen molar-refractivity contribution in [3.63, 3.8) is 0 Å². The highest BCUT2D eigenvalue weighted by atomic mass is 16.5. The van der Waals surface area contributed by atoms with Crippen LogP contribution in [0.5, 0.6) is 5.75 Å². The number of nitrogens with one attached hydrogen (secondary N) is 2. The Labute approximate surface area is 126 Å². The molecule has 0 radical (unpaired) electrons. The van der Waals surface area contributed by atoms with Gasteiger partial charge in [0.2, 0.25) is 0 Å². The molecule has 0 fully saturated rings. The van der Waals surface area contributed by atoms with Gasteiger partial charge in [0.15, 0.2) is 0 Å². The second kappa shape index (κ2) is 5.68. The van der Waals surface area contributed by atoms with Crippen molar-refractivity contribution in [1.29, 1.82) is 0 Å². The van der Waals surface area contributed by atoms with Crippen molar-refractivity contribution in [1.82, 2.24) is 0 Å². The third kappa shape index (κ3) is 2.56. The first-order valence-electron chi connectivity index (χ1n) is 7.43. The number of aryl methyl sites for hydroxylation is 1. The number of para-hydroxylation sites is 1. The molecule has 3 rings (SSSR count). The van der Waals surface area contributed by atoms with Crippen LogP contribution in [-0.4, -0.2) is 13.7 Å². The quantitative estimate of drug-likeness (QED) is 0.892. The fourth-order valence-electron chi connectivity index (χ4n) is 3.08. The van der Waals surface area contributed by atoms with Crippen molar-refractivity contribution < 1.29 is 4.74 Å². The molecular weight excluding hydrogens is 260 g/mol. The van der Waals surface area contributed by atoms with Gasteiger partial charge in [0.25, 0.3) is 0 Å². The highest BCUT2D eigenvalue weighted by Gasteiger charge is 2.14. The molecule has 3 heteroatoms. The topological polar surface area (TPSA) is 33.3 Å². The van der Waals surface area contributed by atoms with Gasteiger partial charge >= 0.3 is 0 Å². The van der Waals surface area contributed by atoms with E-state index >= 15 is 0 Å². The maximum Gasteiger partial charge on any atom is 0.126 e. The predicted molar refractivity (Wildman–Crippen MR) is 88.4 cm³/mol. The minimum absolute atomic E-state index is 0.823. The molecule has 0 amide bonds. The molecule has 0 bridgehead atoms. The van der Waals surface area contributed by atoms with E-state index in [4.69, 9.17) is 4.74 Å². The number of ether oxygens (including phenoxy) is 1. The van der Waals surface area contributed by atoms with E-state index in [1.165, 1.54) is 22.4 Å². The lowest BCUT2D eigenvalue weighted by molar-refractivity contribution is 0.409. The lowest BCUT2D eigenvalue weighted by Gasteiger charge is -2.16. The first-order valence-corrected chi connectivity index (χ1v) is 7.43. The van der Waals surface area contributed by atoms with Gasteiger partial charge in [-0.3, -0.25) is 0 Å². The molecule has 21 heavy (non-hydrogen) atoms. The average Bonchev–Trinajstić information content (AvgIpc) is 2.96. The molecule has 1 aliphatic rings. The minimum Gasteiger partial charge on any atom is -0.496 e. The van der Waals surface area contributed by atoms with E-state index in [0.29, 0.717) is 0 Å². The van der Waals surface area contributed by atoms with Crippen molar-refractivity contribution in [3.8, 4) is 5.75 Å². The molecule has 0 unspecified atom stereocenters. The second-order valence-electron chi connectivity index (χ2n) is 5.57. The molecule has 0 aromatic heterocycles. The molecule has 2 N–H and O–H groups in total. The van der Waals surface area contributed by atoms with Crippen molar-refractivity contribution >= 4 is 11.4 Å². The molecule has 3 nitrogen and oxygen atoms in total. The SMILES string of the molecule is COc1c(C)ccc(NCc2cccc3c2NCC3)c1C. The summed E-state index contributed by atoms with van der Waals surface area (Å²) < 4.78 is 5.49. The standard InChI is InChI=1S/C18H22N2O/c1-12-7-8-16(13(2)18(12)21-3)20-11-15-6-4-5-14-9-10-19-17(14)15/h4-8,19-20H,9-11H2,1-3H3. The summed E-state index contributed by atoms with van der Waals surface area (Å²) in [4.78, 5) is 0. The first kappa shape index (κ1) is 13.8. The van der Waals surface area contributed by atoms with Gasteiger partial charge < -0.3 is 15.4 Å². The summed E-state index contributed by atoms with van der Waals surface area (Å²) in [5.41, 5.74) is 7.52. The fourth-order valence-corrected chi connectivity index (χ4v) is 3.08. The van der Waals surface area contributed by atoms with Crippen molar-refractivity contribution in [2.45, 2.75) is 26.8 Å². The normalized spacial score (nSPS) is 12.7. The van der Waals surface area contributed by atoms with E-state index in [9.17, 15) is 0 Å². The number of rotatable bonds is 4. The maximum atomic E-state index is 5.49. The van der Waals surface area contributed by atoms with Crippen molar-refractivity contribution in [3.05, 3.63) is 52.6 Å². The highest BCUT2D eigenvalue weighted by molar-refractivity contribution is 5.64. The van der Waals surface area contributed by atoms with Crippen LogP contribution >= 0.6 is 0 Å². The number of hydrogen-bond donors (Lipinski definition) is 2. The molecule has 0 aliphatic carbocycles. The van der Waals surface area contributed by atoms with Crippen molar-refractivity contribution in [2.75, 3.05) is 24.3 Å². The summed E-state index contributed by atoms with van der Waals surface area (Å²) in [6.45, 7) is 6.04. The highest BCUT2D eigenvalue weighted by Crippen LogP contribution is 2.31. The Morgan fingerprint density at radius 1 is 1.19 bits per heavy atom. The summed E-state index contributed by atoms with van der Waals surface area (Å²) >= 11 is 0. The van der Waals surface area contributed by atoms with Gasteiger partial charge in [-0.15, -0.1) is 0 Å². The largest absolute Gasteiger partial charge is 0.496 e. The third-order valence-corrected chi connectivity index (χ3v) is 4.21. The van der Waals surface area contributed by atoms with Crippen LogP contribution in [0.15, 0.2) is 30.3 Å². The summed E-state index contributed by atoms with van der Waals surface area (Å²) in [6, 6.07) is 10.8. The van der Waals surface area contributed by atoms with Gasteiger partial charge in [0.05, 0.1) is 7.11 Å². The maximum absolute atomic E-state index is 5.49. The Hall–Kier alpha value is -2.16. The summed E-state index contributed by atoms with van der Waals surface area (Å²) in [6.07, 6.45) is 1.13. The first-order chi connectivity index (χ1) is 10.2. The summed E-state index contributed by atoms with van der Waals surface area (Å²) in [5, 5.41) is 7.03. The number of hydrogen-bond acceptors (Lipinski definition) is 3. The molecule has 2 aromatic rings. The van der Waals surface area contributed by atoms with E-state index in [-0.39, 0.29) is 0 Å². The van der Waals surface area contributed by atoms with Gasteiger partial charge in [-0.05, 0) is 43.0 Å². The van der Waals surface area contributed by atoms with Gasteiger partial charge in [-0.25, -0.2) is 0 Å². The zero-order valence-corrected chi connectivity index (χ0v) is 12.9. The summed E-state index contributed by atoms with van der Waals surface area (Å²) in [5.74, 6) is 0.969. The number of anilines is 2. The number of methoxy groups -OCH3 is 1. The second-order valence-corrected chi connectivity index (χ2v) is 5.57. The molecule has 0 saturated carbocycles. The molecule has 2 aromatic carbocycles. The van der Waals surface area contributed by atoms with Gasteiger partial charge in [-0.2, -0.15) is 0 Å². The van der Waals surface area contributed by atoms with Crippen LogP contribution < -0.4 is 15.4 Å². The van der Waals surface area contributed by atoms with E-state index in [1.807, 2.05) is 0 Å². The van der Waals surface area contributed by atoms with E-state index < -0.39 is 0 Å². The molecule has 0 saturated heterocycles. The molecule has 110 valence electrons. The summed E-state index contributed by atoms with van der Waals surface area (Å²) in [7, 11) is 1.73. The van der Waals surface area contributed by atoms with Crippen LogP contribution in [0.25, 0.3) is 0 Å². The van der Waals surface area contributed by atoms with Crippen LogP contribution in [0.4, 0.5) is 11.4 Å². The molecule has 0 spiro atoms. The fraction of sp³-hybridized carbons (Fsp3) is 0.333. The monoisotopic (exact) mass is 282 g/mol. The van der Waals surface area contributed by atoms with Gasteiger partial charge in [0, 0.05) is 30.0 Å². The van der Waals surface area contributed by atoms with Crippen molar-refractivity contribution in [2.24, 2.45) is 0 Å².